The lowest BCUT2D eigenvalue weighted by Crippen LogP contribution is -2.37. The molecule has 148 valence electrons. The van der Waals surface area contributed by atoms with Crippen molar-refractivity contribution in [2.75, 3.05) is 5.32 Å². The fourth-order valence-corrected chi connectivity index (χ4v) is 4.63. The number of hydrogen-bond acceptors (Lipinski definition) is 3. The highest BCUT2D eigenvalue weighted by Crippen LogP contribution is 2.34. The van der Waals surface area contributed by atoms with Crippen molar-refractivity contribution in [2.45, 2.75) is 38.1 Å². The highest BCUT2D eigenvalue weighted by Gasteiger charge is 2.32. The van der Waals surface area contributed by atoms with Crippen LogP contribution in [0.2, 0.25) is 0 Å². The van der Waals surface area contributed by atoms with Gasteiger partial charge in [0.05, 0.1) is 12.0 Å². The van der Waals surface area contributed by atoms with Crippen LogP contribution in [0.3, 0.4) is 0 Å². The van der Waals surface area contributed by atoms with Gasteiger partial charge in [0.25, 0.3) is 0 Å². The van der Waals surface area contributed by atoms with Gasteiger partial charge in [-0.2, -0.15) is 0 Å². The molecule has 4 nitrogen and oxygen atoms in total. The maximum Gasteiger partial charge on any atom is 0.228 e. The van der Waals surface area contributed by atoms with Gasteiger partial charge >= 0.3 is 0 Å². The summed E-state index contributed by atoms with van der Waals surface area (Å²) in [6.45, 7) is 2.17. The number of thiophene rings is 1. The summed E-state index contributed by atoms with van der Waals surface area (Å²) in [5, 5.41) is 8.09. The van der Waals surface area contributed by atoms with Gasteiger partial charge in [0.1, 0.15) is 0 Å². The average molecular weight is 405 g/mol. The van der Waals surface area contributed by atoms with Crippen LogP contribution in [0, 0.1) is 0 Å². The third-order valence-corrected chi connectivity index (χ3v) is 6.22. The lowest BCUT2D eigenvalue weighted by atomic mass is 9.89. The first-order chi connectivity index (χ1) is 14.2. The van der Waals surface area contributed by atoms with Gasteiger partial charge in [-0.25, -0.2) is 0 Å². The van der Waals surface area contributed by atoms with Crippen LogP contribution in [0.15, 0.2) is 66.0 Å². The second kappa shape index (κ2) is 8.62. The molecule has 0 saturated carbocycles. The molecule has 4 rings (SSSR count). The molecule has 0 bridgehead atoms. The molecule has 0 saturated heterocycles. The Morgan fingerprint density at radius 1 is 1.14 bits per heavy atom. The van der Waals surface area contributed by atoms with Gasteiger partial charge in [-0.1, -0.05) is 61.9 Å². The van der Waals surface area contributed by atoms with Crippen molar-refractivity contribution in [3.63, 3.8) is 0 Å². The van der Waals surface area contributed by atoms with Crippen molar-refractivity contribution >= 4 is 28.8 Å². The molecule has 29 heavy (non-hydrogen) atoms. The van der Waals surface area contributed by atoms with Crippen LogP contribution in [0.4, 0.5) is 5.69 Å². The zero-order valence-corrected chi connectivity index (χ0v) is 17.2. The zero-order chi connectivity index (χ0) is 20.2. The van der Waals surface area contributed by atoms with E-state index in [0.717, 1.165) is 34.5 Å². The molecule has 0 radical (unpaired) electrons. The van der Waals surface area contributed by atoms with Crippen molar-refractivity contribution in [1.29, 1.82) is 0 Å². The number of rotatable bonds is 6. The van der Waals surface area contributed by atoms with Gasteiger partial charge in [0, 0.05) is 17.0 Å². The Bertz CT molecular complexity index is 996. The molecule has 3 aromatic rings. The second-order valence-electron chi connectivity index (χ2n) is 7.34. The molecule has 0 aliphatic carbocycles. The number of benzene rings is 2. The summed E-state index contributed by atoms with van der Waals surface area (Å²) in [7, 11) is 0. The molecule has 1 aromatic heterocycles. The zero-order valence-electron chi connectivity index (χ0n) is 16.4. The monoisotopic (exact) mass is 404 g/mol. The first-order valence-corrected chi connectivity index (χ1v) is 10.8. The summed E-state index contributed by atoms with van der Waals surface area (Å²) >= 11 is 1.62. The number of carbonyl (C=O) groups is 2. The Kier molecular flexibility index (Phi) is 5.76. The maximum absolute atomic E-state index is 13.3. The Labute approximate surface area is 175 Å². The Hall–Kier alpha value is -2.92. The fraction of sp³-hybridized carbons (Fsp3) is 0.250. The van der Waals surface area contributed by atoms with Crippen molar-refractivity contribution in [3.05, 3.63) is 87.6 Å². The topological polar surface area (TPSA) is 58.2 Å². The van der Waals surface area contributed by atoms with Crippen LogP contribution in [0.1, 0.15) is 53.3 Å². The van der Waals surface area contributed by atoms with E-state index >= 15 is 0 Å². The summed E-state index contributed by atoms with van der Waals surface area (Å²) in [6.07, 6.45) is 2.31. The van der Waals surface area contributed by atoms with Crippen molar-refractivity contribution < 1.29 is 9.59 Å². The Morgan fingerprint density at radius 3 is 2.66 bits per heavy atom. The molecule has 2 atom stereocenters. The van der Waals surface area contributed by atoms with E-state index in [0.29, 0.717) is 0 Å². The molecular weight excluding hydrogens is 380 g/mol. The molecule has 0 unspecified atom stereocenters. The molecule has 2 N–H and O–H groups in total. The van der Waals surface area contributed by atoms with E-state index in [9.17, 15) is 9.59 Å². The number of carbonyl (C=O) groups excluding carboxylic acids is 2. The molecule has 2 aromatic carbocycles. The number of fused-ring (bicyclic) bond motifs is 1. The van der Waals surface area contributed by atoms with E-state index in [4.69, 9.17) is 0 Å². The number of anilines is 1. The summed E-state index contributed by atoms with van der Waals surface area (Å²) in [4.78, 5) is 26.5. The van der Waals surface area contributed by atoms with Gasteiger partial charge in [-0.15, -0.1) is 11.3 Å². The van der Waals surface area contributed by atoms with Crippen LogP contribution in [0.5, 0.6) is 0 Å². The summed E-state index contributed by atoms with van der Waals surface area (Å²) in [6, 6.07) is 19.8. The molecule has 5 heteroatoms. The SMILES string of the molecule is CCCc1ccc([C@H](NC(=O)[C@@H]2CC(=O)Nc3ccccc32)c2cccs2)cc1. The van der Waals surface area contributed by atoms with Crippen LogP contribution >= 0.6 is 11.3 Å². The van der Waals surface area contributed by atoms with Crippen LogP contribution < -0.4 is 10.6 Å². The largest absolute Gasteiger partial charge is 0.344 e. The predicted molar refractivity (Wildman–Crippen MR) is 117 cm³/mol. The number of aryl methyl sites for hydroxylation is 1. The minimum Gasteiger partial charge on any atom is -0.344 e. The average Bonchev–Trinajstić information content (AvgIpc) is 3.27. The van der Waals surface area contributed by atoms with Gasteiger partial charge in [-0.3, -0.25) is 9.59 Å². The molecule has 0 fully saturated rings. The standard InChI is InChI=1S/C24H24N2O2S/c1-2-6-16-10-12-17(13-11-16)23(21-9-5-14-29-21)26-24(28)19-15-22(27)25-20-8-4-3-7-18(19)20/h3-5,7-14,19,23H,2,6,15H2,1H3,(H,25,27)(H,26,28)/t19-,23+/m1/s1. The minimum atomic E-state index is -0.484. The van der Waals surface area contributed by atoms with E-state index in [1.807, 2.05) is 41.8 Å². The second-order valence-corrected chi connectivity index (χ2v) is 8.32. The molecule has 1 aliphatic rings. The molecule has 2 amide bonds. The Morgan fingerprint density at radius 2 is 1.93 bits per heavy atom. The highest BCUT2D eigenvalue weighted by atomic mass is 32.1. The minimum absolute atomic E-state index is 0.122. The number of hydrogen-bond donors (Lipinski definition) is 2. The van der Waals surface area contributed by atoms with Gasteiger partial charge in [0.15, 0.2) is 0 Å². The number of para-hydroxylation sites is 1. The lowest BCUT2D eigenvalue weighted by Gasteiger charge is -2.27. The van der Waals surface area contributed by atoms with Crippen molar-refractivity contribution in [3.8, 4) is 0 Å². The van der Waals surface area contributed by atoms with E-state index in [-0.39, 0.29) is 24.3 Å². The third kappa shape index (κ3) is 4.25. The van der Waals surface area contributed by atoms with E-state index in [1.165, 1.54) is 5.56 Å². The maximum atomic E-state index is 13.3. The van der Waals surface area contributed by atoms with E-state index in [1.54, 1.807) is 11.3 Å². The van der Waals surface area contributed by atoms with Crippen LogP contribution in [0.25, 0.3) is 0 Å². The number of amides is 2. The van der Waals surface area contributed by atoms with Crippen molar-refractivity contribution in [1.82, 2.24) is 5.32 Å². The predicted octanol–water partition coefficient (Wildman–Crippen LogP) is 5.03. The highest BCUT2D eigenvalue weighted by molar-refractivity contribution is 7.10. The smallest absolute Gasteiger partial charge is 0.228 e. The Balaban J connectivity index is 1.62. The van der Waals surface area contributed by atoms with E-state index in [2.05, 4.69) is 41.8 Å². The van der Waals surface area contributed by atoms with Crippen molar-refractivity contribution in [2.24, 2.45) is 0 Å². The normalized spacial score (nSPS) is 16.6. The molecule has 2 heterocycles. The first kappa shape index (κ1) is 19.4. The van der Waals surface area contributed by atoms with Gasteiger partial charge in [0.2, 0.25) is 11.8 Å². The van der Waals surface area contributed by atoms with Crippen LogP contribution in [-0.4, -0.2) is 11.8 Å². The third-order valence-electron chi connectivity index (χ3n) is 5.28. The molecule has 1 aliphatic heterocycles. The van der Waals surface area contributed by atoms with Gasteiger partial charge in [-0.05, 0) is 40.6 Å². The quantitative estimate of drug-likeness (QED) is 0.605. The van der Waals surface area contributed by atoms with Gasteiger partial charge < -0.3 is 10.6 Å². The van der Waals surface area contributed by atoms with E-state index < -0.39 is 5.92 Å². The van der Waals surface area contributed by atoms with Crippen LogP contribution in [-0.2, 0) is 16.0 Å². The number of nitrogens with one attached hydrogen (secondary N) is 2. The lowest BCUT2D eigenvalue weighted by molar-refractivity contribution is -0.126. The molecular formula is C24H24N2O2S. The fourth-order valence-electron chi connectivity index (χ4n) is 3.83. The summed E-state index contributed by atoms with van der Waals surface area (Å²) < 4.78 is 0. The summed E-state index contributed by atoms with van der Waals surface area (Å²) in [5.41, 5.74) is 3.94. The summed E-state index contributed by atoms with van der Waals surface area (Å²) in [5.74, 6) is -0.731. The first-order valence-electron chi connectivity index (χ1n) is 9.97. The molecule has 0 spiro atoms.